The second kappa shape index (κ2) is 6.14. The van der Waals surface area contributed by atoms with Crippen molar-refractivity contribution in [3.05, 3.63) is 76.7 Å². The van der Waals surface area contributed by atoms with Crippen molar-refractivity contribution in [2.75, 3.05) is 0 Å². The van der Waals surface area contributed by atoms with Crippen LogP contribution in [-0.2, 0) is 5.41 Å². The molecule has 0 spiro atoms. The normalized spacial score (nSPS) is 23.4. The Morgan fingerprint density at radius 2 is 1.80 bits per heavy atom. The Hall–Kier alpha value is -3.22. The van der Waals surface area contributed by atoms with Gasteiger partial charge in [0.2, 0.25) is 0 Å². The predicted octanol–water partition coefficient (Wildman–Crippen LogP) is 4.12. The Morgan fingerprint density at radius 1 is 1.10 bits per heavy atom. The minimum atomic E-state index is -0.669. The molecule has 7 heteroatoms. The molecule has 2 aliphatic rings. The lowest BCUT2D eigenvalue weighted by Crippen LogP contribution is -2.38. The standard InChI is InChI=1S/C23H20F2N4O/c1-22(2)13-9-10-23(22,18-8-4-7-16(27-18)21(26)30)20-12(13)11-17(28-29-20)19-14(24)5-3-6-15(19)25/h3-8,11,13H,9-10H2,1-2H3,(H2,26,30)/t13-,23-/m1/s1. The van der Waals surface area contributed by atoms with E-state index in [0.29, 0.717) is 0 Å². The number of fused-ring (bicyclic) bond motifs is 5. The quantitative estimate of drug-likeness (QED) is 0.709. The van der Waals surface area contributed by atoms with Gasteiger partial charge in [-0.2, -0.15) is 5.10 Å². The summed E-state index contributed by atoms with van der Waals surface area (Å²) in [5.41, 5.74) is 7.28. The van der Waals surface area contributed by atoms with Gasteiger partial charge in [-0.15, -0.1) is 5.10 Å². The topological polar surface area (TPSA) is 81.8 Å². The molecule has 1 saturated carbocycles. The second-order valence-corrected chi connectivity index (χ2v) is 8.62. The molecule has 0 radical (unpaired) electrons. The van der Waals surface area contributed by atoms with Crippen LogP contribution >= 0.6 is 0 Å². The van der Waals surface area contributed by atoms with Crippen LogP contribution in [0.5, 0.6) is 0 Å². The number of benzene rings is 1. The highest BCUT2D eigenvalue weighted by Crippen LogP contribution is 2.69. The molecule has 3 aromatic rings. The molecule has 2 aliphatic carbocycles. The Bertz CT molecular complexity index is 1190. The highest BCUT2D eigenvalue weighted by Gasteiger charge is 2.65. The minimum Gasteiger partial charge on any atom is -0.364 e. The van der Waals surface area contributed by atoms with Gasteiger partial charge in [0.25, 0.3) is 5.91 Å². The number of rotatable bonds is 3. The van der Waals surface area contributed by atoms with Crippen molar-refractivity contribution >= 4 is 5.91 Å². The average molecular weight is 406 g/mol. The molecule has 0 unspecified atom stereocenters. The van der Waals surface area contributed by atoms with Gasteiger partial charge in [0, 0.05) is 0 Å². The van der Waals surface area contributed by atoms with Crippen LogP contribution in [0, 0.1) is 17.0 Å². The molecule has 5 nitrogen and oxygen atoms in total. The van der Waals surface area contributed by atoms with Crippen LogP contribution in [-0.4, -0.2) is 21.1 Å². The molecule has 30 heavy (non-hydrogen) atoms. The van der Waals surface area contributed by atoms with E-state index in [1.807, 2.05) is 6.07 Å². The SMILES string of the molecule is CC1(C)[C@@H]2CC[C@@]1(c1cccc(C(N)=O)n1)c1nnc(-c3c(F)cccc3F)cc12. The van der Waals surface area contributed by atoms with E-state index in [-0.39, 0.29) is 28.3 Å². The van der Waals surface area contributed by atoms with Gasteiger partial charge in [-0.3, -0.25) is 4.79 Å². The molecule has 2 heterocycles. The monoisotopic (exact) mass is 406 g/mol. The van der Waals surface area contributed by atoms with Crippen molar-refractivity contribution in [1.82, 2.24) is 15.2 Å². The third kappa shape index (κ3) is 2.26. The van der Waals surface area contributed by atoms with Crippen LogP contribution in [0.15, 0.2) is 42.5 Å². The van der Waals surface area contributed by atoms with E-state index in [4.69, 9.17) is 5.73 Å². The zero-order chi connectivity index (χ0) is 21.3. The number of carbonyl (C=O) groups excluding carboxylic acids is 1. The van der Waals surface area contributed by atoms with Crippen LogP contribution in [0.4, 0.5) is 8.78 Å². The van der Waals surface area contributed by atoms with E-state index in [1.165, 1.54) is 18.2 Å². The zero-order valence-corrected chi connectivity index (χ0v) is 16.6. The number of nitrogens with zero attached hydrogens (tertiary/aromatic N) is 3. The van der Waals surface area contributed by atoms with Gasteiger partial charge in [-0.05, 0) is 60.1 Å². The van der Waals surface area contributed by atoms with Gasteiger partial charge < -0.3 is 5.73 Å². The van der Waals surface area contributed by atoms with Crippen LogP contribution in [0.2, 0.25) is 0 Å². The molecule has 1 fully saturated rings. The molecule has 1 aromatic carbocycles. The largest absolute Gasteiger partial charge is 0.364 e. The number of hydrogen-bond acceptors (Lipinski definition) is 4. The fourth-order valence-electron chi connectivity index (χ4n) is 5.57. The van der Waals surface area contributed by atoms with E-state index in [1.54, 1.807) is 18.2 Å². The molecular formula is C23H20F2N4O. The molecule has 5 rings (SSSR count). The van der Waals surface area contributed by atoms with Crippen molar-refractivity contribution in [1.29, 1.82) is 0 Å². The van der Waals surface area contributed by atoms with E-state index < -0.39 is 23.0 Å². The highest BCUT2D eigenvalue weighted by atomic mass is 19.1. The summed E-state index contributed by atoms with van der Waals surface area (Å²) in [6.07, 6.45) is 1.68. The lowest BCUT2D eigenvalue weighted by atomic mass is 9.66. The van der Waals surface area contributed by atoms with Gasteiger partial charge in [0.1, 0.15) is 17.3 Å². The van der Waals surface area contributed by atoms with Crippen LogP contribution < -0.4 is 5.73 Å². The van der Waals surface area contributed by atoms with E-state index in [0.717, 1.165) is 29.8 Å². The number of amides is 1. The fraction of sp³-hybridized carbons (Fsp3) is 0.304. The van der Waals surface area contributed by atoms with Crippen molar-refractivity contribution in [2.45, 2.75) is 38.0 Å². The Kier molecular flexibility index (Phi) is 3.84. The number of carbonyl (C=O) groups is 1. The number of aromatic nitrogens is 3. The third-order valence-electron chi connectivity index (χ3n) is 7.04. The second-order valence-electron chi connectivity index (χ2n) is 8.62. The summed E-state index contributed by atoms with van der Waals surface area (Å²) < 4.78 is 28.7. The summed E-state index contributed by atoms with van der Waals surface area (Å²) in [6, 6.07) is 10.8. The number of halogens is 2. The summed E-state index contributed by atoms with van der Waals surface area (Å²) in [6.45, 7) is 4.29. The smallest absolute Gasteiger partial charge is 0.267 e. The number of nitrogens with two attached hydrogens (primary N) is 1. The van der Waals surface area contributed by atoms with Gasteiger partial charge in [-0.1, -0.05) is 26.0 Å². The lowest BCUT2D eigenvalue weighted by molar-refractivity contribution is 0.0994. The van der Waals surface area contributed by atoms with Crippen molar-refractivity contribution in [3.63, 3.8) is 0 Å². The third-order valence-corrected chi connectivity index (χ3v) is 7.04. The molecule has 0 saturated heterocycles. The summed E-state index contributed by atoms with van der Waals surface area (Å²) in [4.78, 5) is 16.3. The predicted molar refractivity (Wildman–Crippen MR) is 107 cm³/mol. The maximum absolute atomic E-state index is 14.3. The molecule has 2 N–H and O–H groups in total. The molecule has 2 aromatic heterocycles. The molecule has 1 amide bonds. The maximum atomic E-state index is 14.3. The van der Waals surface area contributed by atoms with E-state index in [2.05, 4.69) is 29.0 Å². The fourth-order valence-corrected chi connectivity index (χ4v) is 5.57. The molecule has 0 aliphatic heterocycles. The van der Waals surface area contributed by atoms with Crippen LogP contribution in [0.1, 0.15) is 60.0 Å². The molecular weight excluding hydrogens is 386 g/mol. The van der Waals surface area contributed by atoms with E-state index >= 15 is 0 Å². The van der Waals surface area contributed by atoms with Crippen molar-refractivity contribution in [3.8, 4) is 11.3 Å². The van der Waals surface area contributed by atoms with Gasteiger partial charge in [-0.25, -0.2) is 13.8 Å². The maximum Gasteiger partial charge on any atom is 0.267 e. The van der Waals surface area contributed by atoms with Crippen molar-refractivity contribution < 1.29 is 13.6 Å². The first-order valence-electron chi connectivity index (χ1n) is 9.87. The lowest BCUT2D eigenvalue weighted by Gasteiger charge is -2.37. The molecule has 2 atom stereocenters. The average Bonchev–Trinajstić information content (AvgIpc) is 3.09. The van der Waals surface area contributed by atoms with Crippen molar-refractivity contribution in [2.24, 2.45) is 11.1 Å². The van der Waals surface area contributed by atoms with Gasteiger partial charge >= 0.3 is 0 Å². The van der Waals surface area contributed by atoms with Gasteiger partial charge in [0.05, 0.1) is 28.1 Å². The summed E-state index contributed by atoms with van der Waals surface area (Å²) >= 11 is 0. The first-order valence-corrected chi connectivity index (χ1v) is 9.87. The van der Waals surface area contributed by atoms with Crippen LogP contribution in [0.25, 0.3) is 11.3 Å². The Morgan fingerprint density at radius 3 is 2.50 bits per heavy atom. The van der Waals surface area contributed by atoms with E-state index in [9.17, 15) is 13.6 Å². The number of primary amides is 1. The minimum absolute atomic E-state index is 0.135. The summed E-state index contributed by atoms with van der Waals surface area (Å²) in [7, 11) is 0. The van der Waals surface area contributed by atoms with Gasteiger partial charge in [0.15, 0.2) is 0 Å². The first-order chi connectivity index (χ1) is 14.3. The van der Waals surface area contributed by atoms with Crippen LogP contribution in [0.3, 0.4) is 0 Å². The highest BCUT2D eigenvalue weighted by molar-refractivity contribution is 5.90. The first kappa shape index (κ1) is 18.8. The summed E-state index contributed by atoms with van der Waals surface area (Å²) in [5, 5.41) is 8.68. The summed E-state index contributed by atoms with van der Waals surface area (Å²) in [5.74, 6) is -1.79. The molecule has 152 valence electrons. The molecule has 2 bridgehead atoms. The Balaban J connectivity index is 1.72. The zero-order valence-electron chi connectivity index (χ0n) is 16.6. The number of hydrogen-bond donors (Lipinski definition) is 1. The number of pyridine rings is 1. The Labute approximate surface area is 172 Å².